The highest BCUT2D eigenvalue weighted by molar-refractivity contribution is 7.18. The van der Waals surface area contributed by atoms with Crippen molar-refractivity contribution in [3.63, 3.8) is 0 Å². The molecular weight excluding hydrogens is 671 g/mol. The van der Waals surface area contributed by atoms with Gasteiger partial charge in [-0.1, -0.05) is 30.3 Å². The molecule has 4 bridgehead atoms. The van der Waals surface area contributed by atoms with Crippen molar-refractivity contribution in [3.05, 3.63) is 99.4 Å². The third-order valence-corrected chi connectivity index (χ3v) is 13.5. The molecule has 1 N–H and O–H groups in total. The van der Waals surface area contributed by atoms with E-state index in [0.717, 1.165) is 76.3 Å². The first-order valence-electron chi connectivity index (χ1n) is 18.3. The average molecular weight is 712 g/mol. The number of nitrogens with zero attached hydrogens (tertiary/aromatic N) is 5. The van der Waals surface area contributed by atoms with Crippen LogP contribution in [0, 0.1) is 35.5 Å². The Kier molecular flexibility index (Phi) is 7.86. The zero-order valence-corrected chi connectivity index (χ0v) is 30.3. The summed E-state index contributed by atoms with van der Waals surface area (Å²) in [5.74, 6) is 0.774. The summed E-state index contributed by atoms with van der Waals surface area (Å²) in [6, 6.07) is 21.8. The number of aromatic carboxylic acids is 1. The van der Waals surface area contributed by atoms with Crippen molar-refractivity contribution >= 4 is 39.1 Å². The van der Waals surface area contributed by atoms with E-state index in [4.69, 9.17) is 9.72 Å². The topological polar surface area (TPSA) is 121 Å². The highest BCUT2D eigenvalue weighted by Gasteiger charge is 2.58. The summed E-state index contributed by atoms with van der Waals surface area (Å²) in [7, 11) is 1.86. The molecule has 10 heteroatoms. The van der Waals surface area contributed by atoms with Gasteiger partial charge in [0.05, 0.1) is 22.2 Å². The van der Waals surface area contributed by atoms with E-state index in [1.54, 1.807) is 11.3 Å². The van der Waals surface area contributed by atoms with Gasteiger partial charge >= 0.3 is 5.97 Å². The van der Waals surface area contributed by atoms with Crippen LogP contribution in [0.1, 0.15) is 86.9 Å². The van der Waals surface area contributed by atoms with Crippen LogP contribution in [-0.4, -0.2) is 50.6 Å². The summed E-state index contributed by atoms with van der Waals surface area (Å²) >= 11 is 1.55. The fourth-order valence-corrected chi connectivity index (χ4v) is 11.6. The van der Waals surface area contributed by atoms with Gasteiger partial charge in [0.1, 0.15) is 22.6 Å². The summed E-state index contributed by atoms with van der Waals surface area (Å²) < 4.78 is 9.37. The number of carbonyl (C=O) groups is 2. The van der Waals surface area contributed by atoms with Crippen molar-refractivity contribution in [1.29, 1.82) is 5.26 Å². The summed E-state index contributed by atoms with van der Waals surface area (Å²) in [5, 5.41) is 21.6. The molecule has 0 radical (unpaired) electrons. The number of carboxylic acids is 1. The number of anilines is 1. The number of pyridine rings is 1. The third kappa shape index (κ3) is 5.53. The van der Waals surface area contributed by atoms with E-state index in [0.29, 0.717) is 54.0 Å². The Balaban J connectivity index is 0.998. The minimum Gasteiger partial charge on any atom is -0.476 e. The number of thiazole rings is 1. The zero-order chi connectivity index (χ0) is 35.8. The largest absolute Gasteiger partial charge is 0.476 e. The van der Waals surface area contributed by atoms with Gasteiger partial charge in [0.25, 0.3) is 0 Å². The maximum absolute atomic E-state index is 13.7. The van der Waals surface area contributed by atoms with Crippen LogP contribution in [0.2, 0.25) is 0 Å². The number of methoxy groups -OCH3 is 1. The number of ether oxygens (including phenoxy) is 1. The molecule has 10 rings (SSSR count). The minimum absolute atomic E-state index is 0.0199. The molecule has 4 aliphatic carbocycles. The Bertz CT molecular complexity index is 2270. The van der Waals surface area contributed by atoms with Gasteiger partial charge in [-0.05, 0) is 111 Å². The molecular formula is C42H41N5O4S. The van der Waals surface area contributed by atoms with Crippen molar-refractivity contribution < 1.29 is 19.4 Å². The normalized spacial score (nSPS) is 24.6. The molecule has 264 valence electrons. The monoisotopic (exact) mass is 711 g/mol. The molecule has 2 unspecified atom stereocenters. The zero-order valence-electron chi connectivity index (χ0n) is 29.5. The van der Waals surface area contributed by atoms with E-state index in [1.165, 1.54) is 6.42 Å². The number of carboxylic acid groups (broad SMARTS) is 1. The highest BCUT2D eigenvalue weighted by Crippen LogP contribution is 2.63. The first kappa shape index (κ1) is 33.0. The number of carbonyl (C=O) groups excluding carboxylic acids is 1. The van der Waals surface area contributed by atoms with Crippen LogP contribution in [-0.2, 0) is 30.7 Å². The molecule has 4 fully saturated rings. The first-order valence-corrected chi connectivity index (χ1v) is 19.1. The lowest BCUT2D eigenvalue weighted by molar-refractivity contribution is -0.183. The van der Waals surface area contributed by atoms with Gasteiger partial charge in [-0.15, -0.1) is 11.3 Å². The van der Waals surface area contributed by atoms with E-state index in [1.807, 2.05) is 68.6 Å². The molecule has 1 aliphatic heterocycles. The quantitative estimate of drug-likeness (QED) is 0.153. The van der Waals surface area contributed by atoms with Gasteiger partial charge in [-0.25, -0.2) is 14.8 Å². The molecule has 52 heavy (non-hydrogen) atoms. The molecule has 9 nitrogen and oxygen atoms in total. The summed E-state index contributed by atoms with van der Waals surface area (Å²) in [5.41, 5.74) is 6.29. The van der Waals surface area contributed by atoms with Crippen LogP contribution in [0.5, 0.6) is 0 Å². The minimum atomic E-state index is -1.12. The number of aromatic nitrogens is 3. The van der Waals surface area contributed by atoms with Crippen LogP contribution in [0.4, 0.5) is 5.82 Å². The summed E-state index contributed by atoms with van der Waals surface area (Å²) in [6.45, 7) is 3.83. The molecule has 2 aromatic carbocycles. The fraction of sp³-hybridized carbons (Fsp3) is 0.405. The highest BCUT2D eigenvalue weighted by atomic mass is 32.1. The lowest BCUT2D eigenvalue weighted by Gasteiger charge is -2.61. The smallest absolute Gasteiger partial charge is 0.355 e. The van der Waals surface area contributed by atoms with Crippen LogP contribution in [0.15, 0.2) is 60.7 Å². The predicted molar refractivity (Wildman–Crippen MR) is 200 cm³/mol. The first-order chi connectivity index (χ1) is 25.1. The number of nitriles is 1. The Morgan fingerprint density at radius 3 is 2.60 bits per heavy atom. The van der Waals surface area contributed by atoms with Crippen molar-refractivity contribution in [2.24, 2.45) is 17.3 Å². The van der Waals surface area contributed by atoms with Crippen LogP contribution in [0.3, 0.4) is 0 Å². The van der Waals surface area contributed by atoms with Gasteiger partial charge in [0.15, 0.2) is 11.5 Å². The lowest BCUT2D eigenvalue weighted by Crippen LogP contribution is -2.57. The molecule has 5 aliphatic rings. The van der Waals surface area contributed by atoms with Crippen molar-refractivity contribution in [2.75, 3.05) is 18.6 Å². The Morgan fingerprint density at radius 2 is 1.85 bits per heavy atom. The number of hydrogen-bond acceptors (Lipinski definition) is 8. The summed E-state index contributed by atoms with van der Waals surface area (Å²) in [6.07, 6.45) is 7.79. The van der Waals surface area contributed by atoms with Gasteiger partial charge in [0.2, 0.25) is 0 Å². The van der Waals surface area contributed by atoms with Crippen molar-refractivity contribution in [2.45, 2.75) is 77.0 Å². The van der Waals surface area contributed by atoms with Gasteiger partial charge in [-0.2, -0.15) is 5.26 Å². The maximum Gasteiger partial charge on any atom is 0.355 e. The number of benzene rings is 2. The standard InChI is InChI=1S/C42H41N5O4S/c1-25-32(15-29(21-43)47(25)24-41-17-26-14-27(18-41)20-42(19-26,23-41)51-2)31-10-11-37(45-39(31)40(49)50)46-13-12-28-6-5-7-30(33(28)22-46)35(48)16-38-44-34-8-3-4-9-36(34)52-38/h3-11,15,26-27H,12-14,16-20,22-24H2,1-2H3,(H,49,50). The van der Waals surface area contributed by atoms with Gasteiger partial charge < -0.3 is 19.3 Å². The number of para-hydroxylation sites is 1. The van der Waals surface area contributed by atoms with Gasteiger partial charge in [-0.3, -0.25) is 4.79 Å². The van der Waals surface area contributed by atoms with Crippen LogP contribution in [0.25, 0.3) is 21.3 Å². The molecule has 4 heterocycles. The van der Waals surface area contributed by atoms with E-state index in [9.17, 15) is 20.0 Å². The van der Waals surface area contributed by atoms with Crippen molar-refractivity contribution in [1.82, 2.24) is 14.5 Å². The third-order valence-electron chi connectivity index (χ3n) is 12.5. The number of Topliss-reactive ketones (excluding diaryl/α,β-unsaturated/α-hetero) is 1. The summed E-state index contributed by atoms with van der Waals surface area (Å²) in [4.78, 5) is 38.0. The van der Waals surface area contributed by atoms with E-state index in [2.05, 4.69) is 26.6 Å². The Morgan fingerprint density at radius 1 is 1.04 bits per heavy atom. The molecule has 0 amide bonds. The predicted octanol–water partition coefficient (Wildman–Crippen LogP) is 8.01. The number of rotatable bonds is 9. The maximum atomic E-state index is 13.7. The van der Waals surface area contributed by atoms with E-state index < -0.39 is 5.97 Å². The second-order valence-electron chi connectivity index (χ2n) is 15.7. The van der Waals surface area contributed by atoms with Gasteiger partial charge in [0, 0.05) is 49.1 Å². The molecule has 2 atom stereocenters. The SMILES string of the molecule is COC12CC3CC(CC(Cn4c(C#N)cc(-c5ccc(N6CCc7cccc(C(=O)Cc8nc9ccccc9s8)c7C6)nc5C(=O)O)c4C)(C3)C1)C2. The Labute approximate surface area is 306 Å². The number of hydrogen-bond donors (Lipinski definition) is 1. The lowest BCUT2D eigenvalue weighted by atomic mass is 9.48. The number of ketones is 1. The molecule has 4 saturated carbocycles. The molecule has 3 aromatic heterocycles. The van der Waals surface area contributed by atoms with Crippen molar-refractivity contribution in [3.8, 4) is 17.2 Å². The average Bonchev–Trinajstić information content (AvgIpc) is 3.69. The Hall–Kier alpha value is -4.85. The van der Waals surface area contributed by atoms with E-state index >= 15 is 0 Å². The van der Waals surface area contributed by atoms with Crippen LogP contribution < -0.4 is 4.90 Å². The second-order valence-corrected chi connectivity index (χ2v) is 16.9. The molecule has 0 spiro atoms. The van der Waals surface area contributed by atoms with E-state index in [-0.39, 0.29) is 28.9 Å². The second kappa shape index (κ2) is 12.4. The van der Waals surface area contributed by atoms with Crippen LogP contribution >= 0.6 is 11.3 Å². The molecule has 5 aromatic rings. The fourth-order valence-electron chi connectivity index (χ4n) is 10.6. The number of fused-ring (bicyclic) bond motifs is 2. The molecule has 0 saturated heterocycles.